The van der Waals surface area contributed by atoms with Gasteiger partial charge in [0, 0.05) is 35.4 Å². The van der Waals surface area contributed by atoms with Crippen molar-refractivity contribution in [2.24, 2.45) is 5.92 Å². The monoisotopic (exact) mass is 644 g/mol. The summed E-state index contributed by atoms with van der Waals surface area (Å²) in [6.07, 6.45) is 0.332. The molecule has 0 bridgehead atoms. The normalized spacial score (nSPS) is 22.6. The molecule has 2 heterocycles. The number of hydrogen-bond acceptors (Lipinski definition) is 8. The Labute approximate surface area is 273 Å². The van der Waals surface area contributed by atoms with Crippen LogP contribution in [0.4, 0.5) is 4.79 Å². The average Bonchev–Trinajstić information content (AvgIpc) is 3.59. The van der Waals surface area contributed by atoms with Gasteiger partial charge in [-0.25, -0.2) is 14.6 Å². The van der Waals surface area contributed by atoms with Gasteiger partial charge < -0.3 is 34.9 Å². The Morgan fingerprint density at radius 1 is 1.13 bits per heavy atom. The fraction of sp³-hybridized carbons (Fsp3) is 0.400. The Kier molecular flexibility index (Phi) is 9.15. The van der Waals surface area contributed by atoms with Crippen molar-refractivity contribution in [2.45, 2.75) is 69.9 Å². The smallest absolute Gasteiger partial charge is 0.408 e. The number of alkyl carbamates (subject to hydrolysis) is 1. The van der Waals surface area contributed by atoms with E-state index in [0.717, 1.165) is 5.56 Å². The lowest BCUT2D eigenvalue weighted by molar-refractivity contribution is -0.145. The number of likely N-dealkylation sites (tertiary alicyclic amines) is 1. The fourth-order valence-electron chi connectivity index (χ4n) is 5.83. The Balaban J connectivity index is 1.45. The second kappa shape index (κ2) is 12.9. The van der Waals surface area contributed by atoms with Crippen LogP contribution in [-0.2, 0) is 19.1 Å². The number of methoxy groups -OCH3 is 1. The zero-order valence-electron chi connectivity index (χ0n) is 27.1. The molecular formula is C35H40N4O8. The van der Waals surface area contributed by atoms with E-state index < -0.39 is 59.1 Å². The number of nitrogens with one attached hydrogen (secondary N) is 2. The molecule has 248 valence electrons. The van der Waals surface area contributed by atoms with Crippen molar-refractivity contribution in [1.29, 1.82) is 0 Å². The molecule has 0 spiro atoms. The minimum absolute atomic E-state index is 0.00284. The van der Waals surface area contributed by atoms with Crippen LogP contribution in [-0.4, -0.2) is 81.8 Å². The van der Waals surface area contributed by atoms with Gasteiger partial charge in [0.05, 0.1) is 24.9 Å². The van der Waals surface area contributed by atoms with Crippen molar-refractivity contribution in [1.82, 2.24) is 20.5 Å². The molecule has 12 nitrogen and oxygen atoms in total. The number of ether oxygens (including phenoxy) is 3. The van der Waals surface area contributed by atoms with E-state index in [0.29, 0.717) is 28.1 Å². The van der Waals surface area contributed by atoms with E-state index >= 15 is 0 Å². The van der Waals surface area contributed by atoms with Crippen LogP contribution in [0.3, 0.4) is 0 Å². The molecule has 1 unspecified atom stereocenters. The maximum absolute atomic E-state index is 13.8. The maximum atomic E-state index is 13.8. The first kappa shape index (κ1) is 33.2. The van der Waals surface area contributed by atoms with Gasteiger partial charge in [-0.15, -0.1) is 6.58 Å². The standard InChI is InChI=1S/C35H40N4O8/c1-7-22-18-35(22,32(42)43)38-30(40)28-16-24(19-39(28)31(41)20(2)36-33(44)47-34(3,4)5)46-29-17-26(21-11-9-8-10-12-21)37-27-15-23(45-6)13-14-25(27)29/h7-15,17,20,22,24,28H,1,16,18-19H2,2-6H3,(H,36,44)(H,38,40)(H,42,43)/t20-,22?,24+,28-,35+/m0/s1. The number of carboxylic acids is 1. The van der Waals surface area contributed by atoms with Crippen LogP contribution in [0.15, 0.2) is 67.3 Å². The molecule has 2 aliphatic rings. The minimum Gasteiger partial charge on any atom is -0.497 e. The lowest BCUT2D eigenvalue weighted by Gasteiger charge is -2.28. The fourth-order valence-corrected chi connectivity index (χ4v) is 5.83. The van der Waals surface area contributed by atoms with Gasteiger partial charge in [-0.2, -0.15) is 0 Å². The van der Waals surface area contributed by atoms with Gasteiger partial charge >= 0.3 is 12.1 Å². The summed E-state index contributed by atoms with van der Waals surface area (Å²) >= 11 is 0. The summed E-state index contributed by atoms with van der Waals surface area (Å²) in [4.78, 5) is 58.3. The number of pyridine rings is 1. The van der Waals surface area contributed by atoms with Gasteiger partial charge in [-0.05, 0) is 46.2 Å². The van der Waals surface area contributed by atoms with Crippen LogP contribution < -0.4 is 20.1 Å². The van der Waals surface area contributed by atoms with Crippen LogP contribution in [0, 0.1) is 5.92 Å². The van der Waals surface area contributed by atoms with Crippen molar-refractivity contribution in [3.8, 4) is 22.8 Å². The Morgan fingerprint density at radius 2 is 1.85 bits per heavy atom. The molecule has 2 fully saturated rings. The van der Waals surface area contributed by atoms with E-state index in [1.165, 1.54) is 17.9 Å². The van der Waals surface area contributed by atoms with Crippen molar-refractivity contribution < 1.29 is 38.5 Å². The highest BCUT2D eigenvalue weighted by molar-refractivity contribution is 5.96. The van der Waals surface area contributed by atoms with Gasteiger partial charge in [0.25, 0.3) is 0 Å². The highest BCUT2D eigenvalue weighted by Gasteiger charge is 2.61. The van der Waals surface area contributed by atoms with Crippen molar-refractivity contribution in [2.75, 3.05) is 13.7 Å². The van der Waals surface area contributed by atoms with Crippen LogP contribution in [0.5, 0.6) is 11.5 Å². The van der Waals surface area contributed by atoms with Crippen LogP contribution >= 0.6 is 0 Å². The van der Waals surface area contributed by atoms with Gasteiger partial charge in [0.2, 0.25) is 11.8 Å². The average molecular weight is 645 g/mol. The third kappa shape index (κ3) is 7.16. The van der Waals surface area contributed by atoms with E-state index in [2.05, 4.69) is 17.2 Å². The molecular weight excluding hydrogens is 604 g/mol. The van der Waals surface area contributed by atoms with E-state index in [1.54, 1.807) is 40.0 Å². The molecule has 3 aromatic rings. The zero-order valence-corrected chi connectivity index (χ0v) is 27.1. The number of rotatable bonds is 10. The molecule has 5 atom stereocenters. The molecule has 0 radical (unpaired) electrons. The van der Waals surface area contributed by atoms with Gasteiger partial charge in [0.1, 0.15) is 40.8 Å². The van der Waals surface area contributed by atoms with Crippen LogP contribution in [0.25, 0.3) is 22.2 Å². The Bertz CT molecular complexity index is 1700. The molecule has 5 rings (SSSR count). The first-order valence-electron chi connectivity index (χ1n) is 15.4. The molecule has 47 heavy (non-hydrogen) atoms. The third-order valence-corrected chi connectivity index (χ3v) is 8.32. The summed E-state index contributed by atoms with van der Waals surface area (Å²) in [5.41, 5.74) is -0.120. The molecule has 3 amide bonds. The minimum atomic E-state index is -1.49. The lowest BCUT2D eigenvalue weighted by Crippen LogP contribution is -2.56. The maximum Gasteiger partial charge on any atom is 0.408 e. The number of benzene rings is 2. The number of carboxylic acid groups (broad SMARTS) is 1. The van der Waals surface area contributed by atoms with Gasteiger partial charge in [-0.1, -0.05) is 36.4 Å². The molecule has 1 saturated carbocycles. The van der Waals surface area contributed by atoms with Crippen LogP contribution in [0.1, 0.15) is 40.5 Å². The van der Waals surface area contributed by atoms with Gasteiger partial charge in [-0.3, -0.25) is 9.59 Å². The van der Waals surface area contributed by atoms with Crippen molar-refractivity contribution in [3.05, 3.63) is 67.3 Å². The molecule has 1 aromatic heterocycles. The summed E-state index contributed by atoms with van der Waals surface area (Å²) in [5.74, 6) is -1.68. The van der Waals surface area contributed by atoms with E-state index in [9.17, 15) is 24.3 Å². The predicted molar refractivity (Wildman–Crippen MR) is 174 cm³/mol. The topological polar surface area (TPSA) is 156 Å². The largest absolute Gasteiger partial charge is 0.497 e. The summed E-state index contributed by atoms with van der Waals surface area (Å²) in [5, 5.41) is 15.8. The van der Waals surface area contributed by atoms with Crippen molar-refractivity contribution in [3.63, 3.8) is 0 Å². The zero-order chi connectivity index (χ0) is 34.1. The molecule has 3 N–H and O–H groups in total. The van der Waals surface area contributed by atoms with E-state index in [-0.39, 0.29) is 19.4 Å². The molecule has 1 aliphatic heterocycles. The summed E-state index contributed by atoms with van der Waals surface area (Å²) < 4.78 is 17.3. The number of aliphatic carboxylic acids is 1. The number of nitrogens with zero attached hydrogens (tertiary/aromatic N) is 2. The number of fused-ring (bicyclic) bond motifs is 1. The second-order valence-corrected chi connectivity index (χ2v) is 12.9. The molecule has 1 saturated heterocycles. The molecule has 2 aromatic carbocycles. The molecule has 1 aliphatic carbocycles. The highest BCUT2D eigenvalue weighted by Crippen LogP contribution is 2.45. The summed E-state index contributed by atoms with van der Waals surface area (Å²) in [6, 6.07) is 14.7. The van der Waals surface area contributed by atoms with Crippen molar-refractivity contribution >= 4 is 34.8 Å². The number of hydrogen-bond donors (Lipinski definition) is 3. The summed E-state index contributed by atoms with van der Waals surface area (Å²) in [7, 11) is 1.57. The van der Waals surface area contributed by atoms with Gasteiger partial charge in [0.15, 0.2) is 0 Å². The number of aromatic nitrogens is 1. The lowest BCUT2D eigenvalue weighted by atomic mass is 10.1. The Hall–Kier alpha value is -5.13. The number of amides is 3. The highest BCUT2D eigenvalue weighted by atomic mass is 16.6. The SMILES string of the molecule is C=CC1C[C@]1(NC(=O)[C@@H]1C[C@@H](Oc2cc(-c3ccccc3)nc3cc(OC)ccc23)CN1C(=O)[C@H](C)NC(=O)OC(C)(C)C)C(=O)O. The summed E-state index contributed by atoms with van der Waals surface area (Å²) in [6.45, 7) is 10.3. The predicted octanol–water partition coefficient (Wildman–Crippen LogP) is 4.32. The first-order chi connectivity index (χ1) is 22.2. The first-order valence-corrected chi connectivity index (χ1v) is 15.4. The van der Waals surface area contributed by atoms with Crippen LogP contribution in [0.2, 0.25) is 0 Å². The molecule has 12 heteroatoms. The second-order valence-electron chi connectivity index (χ2n) is 12.9. The van der Waals surface area contributed by atoms with E-state index in [4.69, 9.17) is 19.2 Å². The third-order valence-electron chi connectivity index (χ3n) is 8.32. The number of carbonyl (C=O) groups is 4. The Morgan fingerprint density at radius 3 is 2.47 bits per heavy atom. The van der Waals surface area contributed by atoms with E-state index in [1.807, 2.05) is 42.5 Å². The number of carbonyl (C=O) groups excluding carboxylic acids is 3. The quantitative estimate of drug-likeness (QED) is 0.274.